The Balaban J connectivity index is 2.49. The van der Waals surface area contributed by atoms with E-state index in [2.05, 4.69) is 31.2 Å². The summed E-state index contributed by atoms with van der Waals surface area (Å²) in [4.78, 5) is 11.0. The van der Waals surface area contributed by atoms with Crippen molar-refractivity contribution in [2.45, 2.75) is 33.6 Å². The van der Waals surface area contributed by atoms with Crippen LogP contribution in [0.5, 0.6) is 0 Å². The van der Waals surface area contributed by atoms with Gasteiger partial charge in [0.25, 0.3) is 0 Å². The Labute approximate surface area is 86.1 Å². The molecule has 1 nitrogen and oxygen atoms in total. The molecule has 0 N–H and O–H groups in total. The van der Waals surface area contributed by atoms with Gasteiger partial charge in [-0.05, 0) is 32.3 Å². The van der Waals surface area contributed by atoms with Crippen LogP contribution < -0.4 is 0 Å². The second kappa shape index (κ2) is 4.94. The summed E-state index contributed by atoms with van der Waals surface area (Å²) in [5.41, 5.74) is 2.62. The van der Waals surface area contributed by atoms with Crippen LogP contribution in [-0.2, 0) is 11.2 Å². The summed E-state index contributed by atoms with van der Waals surface area (Å²) in [6, 6.07) is 8.48. The molecule has 0 radical (unpaired) electrons. The van der Waals surface area contributed by atoms with Crippen LogP contribution in [0, 0.1) is 12.8 Å². The molecule has 0 saturated carbocycles. The molecule has 0 aliphatic rings. The molecule has 0 aromatic heterocycles. The van der Waals surface area contributed by atoms with E-state index in [0.717, 1.165) is 12.8 Å². The van der Waals surface area contributed by atoms with Crippen molar-refractivity contribution in [2.24, 2.45) is 5.92 Å². The minimum Gasteiger partial charge on any atom is -0.300 e. The Kier molecular flexibility index (Phi) is 3.87. The monoisotopic (exact) mass is 190 g/mol. The first-order chi connectivity index (χ1) is 6.59. The maximum atomic E-state index is 11.0. The molecule has 0 aliphatic carbocycles. The minimum atomic E-state index is 0.190. The average molecular weight is 190 g/mol. The zero-order chi connectivity index (χ0) is 10.6. The van der Waals surface area contributed by atoms with Gasteiger partial charge in [0, 0.05) is 5.92 Å². The fourth-order valence-electron chi connectivity index (χ4n) is 1.45. The van der Waals surface area contributed by atoms with Gasteiger partial charge in [-0.1, -0.05) is 36.8 Å². The Morgan fingerprint density at radius 1 is 1.43 bits per heavy atom. The molecule has 0 unspecified atom stereocenters. The molecule has 14 heavy (non-hydrogen) atoms. The molecule has 76 valence electrons. The van der Waals surface area contributed by atoms with Crippen LogP contribution in [-0.4, -0.2) is 5.78 Å². The highest BCUT2D eigenvalue weighted by Gasteiger charge is 2.06. The Hall–Kier alpha value is -1.11. The van der Waals surface area contributed by atoms with E-state index < -0.39 is 0 Å². The van der Waals surface area contributed by atoms with Gasteiger partial charge in [-0.2, -0.15) is 0 Å². The lowest BCUT2D eigenvalue weighted by molar-refractivity contribution is -0.120. The predicted molar refractivity (Wildman–Crippen MR) is 59.3 cm³/mol. The third-order valence-electron chi connectivity index (χ3n) is 2.64. The third kappa shape index (κ3) is 3.33. The summed E-state index contributed by atoms with van der Waals surface area (Å²) in [5.74, 6) is 0.480. The maximum Gasteiger partial charge on any atom is 0.132 e. The zero-order valence-corrected chi connectivity index (χ0v) is 9.21. The summed E-state index contributed by atoms with van der Waals surface area (Å²) in [5, 5.41) is 0. The highest BCUT2D eigenvalue weighted by molar-refractivity contribution is 5.77. The summed E-state index contributed by atoms with van der Waals surface area (Å²) in [6.45, 7) is 5.76. The van der Waals surface area contributed by atoms with E-state index >= 15 is 0 Å². The molecule has 0 bridgehead atoms. The van der Waals surface area contributed by atoms with Crippen LogP contribution >= 0.6 is 0 Å². The van der Waals surface area contributed by atoms with Crippen molar-refractivity contribution in [1.82, 2.24) is 0 Å². The van der Waals surface area contributed by atoms with Crippen molar-refractivity contribution in [3.63, 3.8) is 0 Å². The first-order valence-electron chi connectivity index (χ1n) is 5.15. The van der Waals surface area contributed by atoms with Crippen molar-refractivity contribution in [3.8, 4) is 0 Å². The fourth-order valence-corrected chi connectivity index (χ4v) is 1.45. The molecule has 0 saturated heterocycles. The van der Waals surface area contributed by atoms with Crippen molar-refractivity contribution in [3.05, 3.63) is 35.4 Å². The van der Waals surface area contributed by atoms with E-state index in [1.54, 1.807) is 6.92 Å². The molecule has 1 rings (SSSR count). The zero-order valence-electron chi connectivity index (χ0n) is 9.21. The molecule has 1 aromatic carbocycles. The van der Waals surface area contributed by atoms with Crippen molar-refractivity contribution in [1.29, 1.82) is 0 Å². The van der Waals surface area contributed by atoms with E-state index in [9.17, 15) is 4.79 Å². The topological polar surface area (TPSA) is 17.1 Å². The third-order valence-corrected chi connectivity index (χ3v) is 2.64. The van der Waals surface area contributed by atoms with Gasteiger partial charge in [0.05, 0.1) is 0 Å². The van der Waals surface area contributed by atoms with E-state index in [4.69, 9.17) is 0 Å². The summed E-state index contributed by atoms with van der Waals surface area (Å²) in [6.07, 6.45) is 1.96. The van der Waals surface area contributed by atoms with Gasteiger partial charge in [-0.3, -0.25) is 4.79 Å². The van der Waals surface area contributed by atoms with Crippen LogP contribution in [0.4, 0.5) is 0 Å². The molecule has 0 fully saturated rings. The number of hydrogen-bond donors (Lipinski definition) is 0. The molecule has 1 aromatic rings. The van der Waals surface area contributed by atoms with Gasteiger partial charge in [-0.25, -0.2) is 0 Å². The van der Waals surface area contributed by atoms with Gasteiger partial charge >= 0.3 is 0 Å². The quantitative estimate of drug-likeness (QED) is 0.712. The number of carbonyl (C=O) groups excluding carboxylic acids is 1. The normalized spacial score (nSPS) is 12.5. The van der Waals surface area contributed by atoms with Crippen molar-refractivity contribution < 1.29 is 4.79 Å². The summed E-state index contributed by atoms with van der Waals surface area (Å²) < 4.78 is 0. The lowest BCUT2D eigenvalue weighted by Crippen LogP contribution is -2.07. The largest absolute Gasteiger partial charge is 0.300 e. The van der Waals surface area contributed by atoms with Gasteiger partial charge < -0.3 is 0 Å². The van der Waals surface area contributed by atoms with Gasteiger partial charge in [-0.15, -0.1) is 0 Å². The Morgan fingerprint density at radius 3 is 2.71 bits per heavy atom. The van der Waals surface area contributed by atoms with E-state index in [0.29, 0.717) is 0 Å². The minimum absolute atomic E-state index is 0.190. The lowest BCUT2D eigenvalue weighted by Gasteiger charge is -2.07. The number of benzene rings is 1. The molecule has 0 spiro atoms. The predicted octanol–water partition coefficient (Wildman–Crippen LogP) is 3.15. The van der Waals surface area contributed by atoms with E-state index in [1.165, 1.54) is 11.1 Å². The van der Waals surface area contributed by atoms with Gasteiger partial charge in [0.2, 0.25) is 0 Å². The first-order valence-corrected chi connectivity index (χ1v) is 5.15. The molecule has 1 heteroatoms. The number of aryl methyl sites for hydroxylation is 2. The molecule has 0 aliphatic heterocycles. The van der Waals surface area contributed by atoms with Crippen LogP contribution in [0.25, 0.3) is 0 Å². The Bertz CT molecular complexity index is 315. The average Bonchev–Trinajstić information content (AvgIpc) is 2.14. The van der Waals surface area contributed by atoms with Gasteiger partial charge in [0.15, 0.2) is 0 Å². The molecular weight excluding hydrogens is 172 g/mol. The van der Waals surface area contributed by atoms with Crippen LogP contribution in [0.15, 0.2) is 24.3 Å². The summed E-state index contributed by atoms with van der Waals surface area (Å²) in [7, 11) is 0. The highest BCUT2D eigenvalue weighted by Crippen LogP contribution is 2.11. The van der Waals surface area contributed by atoms with Crippen LogP contribution in [0.3, 0.4) is 0 Å². The fraction of sp³-hybridized carbons (Fsp3) is 0.462. The molecule has 0 heterocycles. The maximum absolute atomic E-state index is 11.0. The Morgan fingerprint density at radius 2 is 2.14 bits per heavy atom. The summed E-state index contributed by atoms with van der Waals surface area (Å²) >= 11 is 0. The number of carbonyl (C=O) groups is 1. The number of Topliss-reactive ketones (excluding diaryl/α,β-unsaturated/α-hetero) is 1. The number of hydrogen-bond acceptors (Lipinski definition) is 1. The van der Waals surface area contributed by atoms with Crippen molar-refractivity contribution in [2.75, 3.05) is 0 Å². The first kappa shape index (κ1) is 11.0. The van der Waals surface area contributed by atoms with E-state index in [1.807, 2.05) is 6.92 Å². The SMILES string of the molecule is CC(=O)[C@@H](C)CCc1cccc(C)c1. The van der Waals surface area contributed by atoms with Gasteiger partial charge in [0.1, 0.15) is 5.78 Å². The smallest absolute Gasteiger partial charge is 0.132 e. The second-order valence-electron chi connectivity index (χ2n) is 4.04. The standard InChI is InChI=1S/C13H18O/c1-10-5-4-6-13(9-10)8-7-11(2)12(3)14/h4-6,9,11H,7-8H2,1-3H3/t11-/m0/s1. The van der Waals surface area contributed by atoms with E-state index in [-0.39, 0.29) is 11.7 Å². The lowest BCUT2D eigenvalue weighted by atomic mass is 9.97. The highest BCUT2D eigenvalue weighted by atomic mass is 16.1. The molecule has 0 amide bonds. The number of ketones is 1. The molecular formula is C13H18O. The van der Waals surface area contributed by atoms with Crippen molar-refractivity contribution >= 4 is 5.78 Å². The molecule has 1 atom stereocenters. The van der Waals surface area contributed by atoms with Crippen LogP contribution in [0.2, 0.25) is 0 Å². The van der Waals surface area contributed by atoms with Crippen LogP contribution in [0.1, 0.15) is 31.4 Å². The second-order valence-corrected chi connectivity index (χ2v) is 4.04. The number of rotatable bonds is 4.